The summed E-state index contributed by atoms with van der Waals surface area (Å²) < 4.78 is 27.0. The topological polar surface area (TPSA) is 60.9 Å². The van der Waals surface area contributed by atoms with E-state index < -0.39 is 10.0 Å². The van der Waals surface area contributed by atoms with Crippen LogP contribution in [0.1, 0.15) is 36.2 Å². The fraction of sp³-hybridized carbons (Fsp3) is 0.435. The van der Waals surface area contributed by atoms with E-state index in [1.807, 2.05) is 36.9 Å². The van der Waals surface area contributed by atoms with Gasteiger partial charge in [0.25, 0.3) is 5.91 Å². The number of nitrogens with zero attached hydrogens (tertiary/aromatic N) is 3. The Labute approximate surface area is 180 Å². The van der Waals surface area contributed by atoms with Gasteiger partial charge in [-0.05, 0) is 30.2 Å². The molecular weight excluding hydrogens is 398 g/mol. The first-order valence-electron chi connectivity index (χ1n) is 10.6. The molecule has 1 heterocycles. The Morgan fingerprint density at radius 1 is 0.933 bits per heavy atom. The SMILES string of the molecule is CCN(CC)S(=O)(=O)c1cccc(C(=O)N2CCCN(Cc3ccccc3)CC2)c1. The predicted octanol–water partition coefficient (Wildman–Crippen LogP) is 3.07. The van der Waals surface area contributed by atoms with Crippen LogP contribution in [0.3, 0.4) is 0 Å². The number of hydrogen-bond donors (Lipinski definition) is 0. The highest BCUT2D eigenvalue weighted by atomic mass is 32.2. The number of rotatable bonds is 7. The van der Waals surface area contributed by atoms with Gasteiger partial charge in [0, 0.05) is 51.4 Å². The van der Waals surface area contributed by atoms with Crippen LogP contribution in [0.15, 0.2) is 59.5 Å². The largest absolute Gasteiger partial charge is 0.337 e. The highest BCUT2D eigenvalue weighted by molar-refractivity contribution is 7.89. The van der Waals surface area contributed by atoms with Crippen molar-refractivity contribution in [2.24, 2.45) is 0 Å². The van der Waals surface area contributed by atoms with Gasteiger partial charge >= 0.3 is 0 Å². The third kappa shape index (κ3) is 5.28. The normalized spacial score (nSPS) is 15.9. The van der Waals surface area contributed by atoms with Gasteiger partial charge < -0.3 is 4.90 Å². The first kappa shape index (κ1) is 22.5. The molecule has 2 aromatic rings. The smallest absolute Gasteiger partial charge is 0.253 e. The lowest BCUT2D eigenvalue weighted by Crippen LogP contribution is -2.35. The average Bonchev–Trinajstić information content (AvgIpc) is 3.00. The lowest BCUT2D eigenvalue weighted by Gasteiger charge is -2.23. The van der Waals surface area contributed by atoms with Gasteiger partial charge in [0.2, 0.25) is 10.0 Å². The highest BCUT2D eigenvalue weighted by Gasteiger charge is 2.25. The minimum atomic E-state index is -3.58. The zero-order valence-corrected chi connectivity index (χ0v) is 18.6. The quantitative estimate of drug-likeness (QED) is 0.679. The number of carbonyl (C=O) groups excluding carboxylic acids is 1. The number of amides is 1. The Balaban J connectivity index is 1.69. The molecule has 6 nitrogen and oxygen atoms in total. The Bertz CT molecular complexity index is 943. The molecule has 1 fully saturated rings. The monoisotopic (exact) mass is 429 g/mol. The van der Waals surface area contributed by atoms with Crippen LogP contribution >= 0.6 is 0 Å². The average molecular weight is 430 g/mol. The third-order valence-electron chi connectivity index (χ3n) is 5.55. The molecule has 0 aliphatic carbocycles. The second-order valence-electron chi connectivity index (χ2n) is 7.52. The Morgan fingerprint density at radius 3 is 2.37 bits per heavy atom. The van der Waals surface area contributed by atoms with E-state index >= 15 is 0 Å². The molecule has 0 N–H and O–H groups in total. The summed E-state index contributed by atoms with van der Waals surface area (Å²) >= 11 is 0. The molecule has 1 aliphatic heterocycles. The number of carbonyl (C=O) groups is 1. The molecular formula is C23H31N3O3S. The second kappa shape index (κ2) is 10.2. The van der Waals surface area contributed by atoms with Crippen LogP contribution in [0.2, 0.25) is 0 Å². The maximum atomic E-state index is 13.1. The first-order chi connectivity index (χ1) is 14.5. The summed E-state index contributed by atoms with van der Waals surface area (Å²) in [5, 5.41) is 0. The van der Waals surface area contributed by atoms with Gasteiger partial charge in [0.05, 0.1) is 4.90 Å². The van der Waals surface area contributed by atoms with Crippen LogP contribution in [0.25, 0.3) is 0 Å². The zero-order chi connectivity index (χ0) is 21.6. The summed E-state index contributed by atoms with van der Waals surface area (Å²) in [6.07, 6.45) is 0.899. The number of hydrogen-bond acceptors (Lipinski definition) is 4. The Kier molecular flexibility index (Phi) is 7.64. The predicted molar refractivity (Wildman–Crippen MR) is 119 cm³/mol. The molecule has 162 valence electrons. The van der Waals surface area contributed by atoms with Gasteiger partial charge in [0.1, 0.15) is 0 Å². The molecule has 1 amide bonds. The standard InChI is InChI=1S/C23H31N3O3S/c1-3-26(4-2)30(28,29)22-13-8-12-21(18-22)23(27)25-15-9-14-24(16-17-25)19-20-10-6-5-7-11-20/h5-8,10-13,18H,3-4,9,14-17,19H2,1-2H3. The van der Waals surface area contributed by atoms with E-state index in [-0.39, 0.29) is 10.8 Å². The van der Waals surface area contributed by atoms with Crippen molar-refractivity contribution < 1.29 is 13.2 Å². The minimum absolute atomic E-state index is 0.104. The first-order valence-corrected chi connectivity index (χ1v) is 12.1. The van der Waals surface area contributed by atoms with E-state index in [1.165, 1.54) is 15.9 Å². The van der Waals surface area contributed by atoms with Gasteiger partial charge in [-0.2, -0.15) is 4.31 Å². The van der Waals surface area contributed by atoms with E-state index in [4.69, 9.17) is 0 Å². The van der Waals surface area contributed by atoms with Crippen molar-refractivity contribution in [3.63, 3.8) is 0 Å². The summed E-state index contributed by atoms with van der Waals surface area (Å²) in [7, 11) is -3.58. The van der Waals surface area contributed by atoms with Gasteiger partial charge in [0.15, 0.2) is 0 Å². The van der Waals surface area contributed by atoms with E-state index in [0.717, 1.165) is 26.1 Å². The van der Waals surface area contributed by atoms with E-state index in [0.29, 0.717) is 31.7 Å². The van der Waals surface area contributed by atoms with E-state index in [2.05, 4.69) is 17.0 Å². The van der Waals surface area contributed by atoms with Crippen LogP contribution in [0.4, 0.5) is 0 Å². The van der Waals surface area contributed by atoms with E-state index in [1.54, 1.807) is 18.2 Å². The zero-order valence-electron chi connectivity index (χ0n) is 17.8. The molecule has 1 aliphatic rings. The van der Waals surface area contributed by atoms with Crippen molar-refractivity contribution >= 4 is 15.9 Å². The van der Waals surface area contributed by atoms with Crippen molar-refractivity contribution in [1.82, 2.24) is 14.1 Å². The lowest BCUT2D eigenvalue weighted by molar-refractivity contribution is 0.0761. The molecule has 0 bridgehead atoms. The molecule has 0 spiro atoms. The highest BCUT2D eigenvalue weighted by Crippen LogP contribution is 2.19. The maximum Gasteiger partial charge on any atom is 0.253 e. The van der Waals surface area contributed by atoms with Crippen LogP contribution < -0.4 is 0 Å². The maximum absolute atomic E-state index is 13.1. The molecule has 2 aromatic carbocycles. The fourth-order valence-corrected chi connectivity index (χ4v) is 5.36. The summed E-state index contributed by atoms with van der Waals surface area (Å²) in [6, 6.07) is 16.8. The second-order valence-corrected chi connectivity index (χ2v) is 9.46. The molecule has 30 heavy (non-hydrogen) atoms. The van der Waals surface area contributed by atoms with Gasteiger partial charge in [-0.25, -0.2) is 8.42 Å². The van der Waals surface area contributed by atoms with Gasteiger partial charge in [-0.1, -0.05) is 50.2 Å². The summed E-state index contributed by atoms with van der Waals surface area (Å²) in [4.78, 5) is 17.5. The molecule has 0 unspecified atom stereocenters. The van der Waals surface area contributed by atoms with Gasteiger partial charge in [-0.3, -0.25) is 9.69 Å². The summed E-state index contributed by atoms with van der Waals surface area (Å²) in [5.74, 6) is -0.104. The molecule has 0 atom stereocenters. The fourth-order valence-electron chi connectivity index (χ4n) is 3.86. The Morgan fingerprint density at radius 2 is 1.67 bits per heavy atom. The molecule has 3 rings (SSSR count). The minimum Gasteiger partial charge on any atom is -0.337 e. The third-order valence-corrected chi connectivity index (χ3v) is 7.59. The van der Waals surface area contributed by atoms with Crippen LogP contribution in [-0.4, -0.2) is 67.7 Å². The van der Waals surface area contributed by atoms with Crippen molar-refractivity contribution in [3.8, 4) is 0 Å². The number of benzene rings is 2. The summed E-state index contributed by atoms with van der Waals surface area (Å²) in [6.45, 7) is 8.37. The molecule has 7 heteroatoms. The molecule has 0 saturated carbocycles. The van der Waals surface area contributed by atoms with Crippen molar-refractivity contribution in [1.29, 1.82) is 0 Å². The number of sulfonamides is 1. The van der Waals surface area contributed by atoms with Crippen molar-refractivity contribution in [2.45, 2.75) is 31.7 Å². The van der Waals surface area contributed by atoms with Crippen molar-refractivity contribution in [3.05, 3.63) is 65.7 Å². The summed E-state index contributed by atoms with van der Waals surface area (Å²) in [5.41, 5.74) is 1.70. The van der Waals surface area contributed by atoms with Crippen molar-refractivity contribution in [2.75, 3.05) is 39.3 Å². The molecule has 1 saturated heterocycles. The van der Waals surface area contributed by atoms with Crippen LogP contribution in [0.5, 0.6) is 0 Å². The molecule has 0 radical (unpaired) electrons. The van der Waals surface area contributed by atoms with E-state index in [9.17, 15) is 13.2 Å². The molecule has 0 aromatic heterocycles. The van der Waals surface area contributed by atoms with Crippen LogP contribution in [0, 0.1) is 0 Å². The Hall–Kier alpha value is -2.22. The van der Waals surface area contributed by atoms with Crippen LogP contribution in [-0.2, 0) is 16.6 Å². The van der Waals surface area contributed by atoms with Gasteiger partial charge in [-0.15, -0.1) is 0 Å². The lowest BCUT2D eigenvalue weighted by atomic mass is 10.2.